The first-order chi connectivity index (χ1) is 15.5. The maximum Gasteiger partial charge on any atom is 0.340 e. The molecule has 0 saturated carbocycles. The van der Waals surface area contributed by atoms with Gasteiger partial charge in [0.05, 0.1) is 30.0 Å². The second-order valence-electron chi connectivity index (χ2n) is 6.60. The van der Waals surface area contributed by atoms with Gasteiger partial charge in [-0.05, 0) is 49.7 Å². The van der Waals surface area contributed by atoms with Crippen molar-refractivity contribution in [2.24, 2.45) is 0 Å². The van der Waals surface area contributed by atoms with E-state index < -0.39 is 17.8 Å². The van der Waals surface area contributed by atoms with E-state index in [9.17, 15) is 19.6 Å². The summed E-state index contributed by atoms with van der Waals surface area (Å²) in [4.78, 5) is 36.5. The van der Waals surface area contributed by atoms with Crippen molar-refractivity contribution in [3.8, 4) is 6.07 Å². The molecule has 2 aromatic carbocycles. The van der Waals surface area contributed by atoms with Crippen molar-refractivity contribution in [3.05, 3.63) is 71.4 Å². The predicted molar refractivity (Wildman–Crippen MR) is 120 cm³/mol. The number of hydrogen-bond acceptors (Lipinski definition) is 7. The van der Waals surface area contributed by atoms with Crippen molar-refractivity contribution in [2.75, 3.05) is 23.8 Å². The normalized spacial score (nSPS) is 10.6. The molecule has 1 amide bonds. The lowest BCUT2D eigenvalue weighted by Crippen LogP contribution is -2.18. The minimum atomic E-state index is -0.683. The lowest BCUT2D eigenvalue weighted by Gasteiger charge is -2.11. The highest BCUT2D eigenvalue weighted by Crippen LogP contribution is 2.18. The average molecular weight is 435 g/mol. The Morgan fingerprint density at radius 1 is 1.00 bits per heavy atom. The van der Waals surface area contributed by atoms with Crippen LogP contribution in [0.3, 0.4) is 0 Å². The zero-order valence-electron chi connectivity index (χ0n) is 18.0. The summed E-state index contributed by atoms with van der Waals surface area (Å²) in [6.45, 7) is 4.28. The van der Waals surface area contributed by atoms with Gasteiger partial charge < -0.3 is 20.1 Å². The van der Waals surface area contributed by atoms with Crippen LogP contribution in [0.5, 0.6) is 0 Å². The summed E-state index contributed by atoms with van der Waals surface area (Å²) in [5.41, 5.74) is 1.21. The van der Waals surface area contributed by atoms with E-state index in [0.717, 1.165) is 12.8 Å². The number of nitrogens with one attached hydrogen (secondary N) is 2. The minimum absolute atomic E-state index is 0.200. The fourth-order valence-electron chi connectivity index (χ4n) is 2.57. The second kappa shape index (κ2) is 12.5. The second-order valence-corrected chi connectivity index (χ2v) is 6.60. The molecular formula is C24H25N3O5. The molecule has 2 rings (SSSR count). The molecule has 0 radical (unpaired) electrons. The first kappa shape index (κ1) is 24.2. The number of unbranched alkanes of at least 4 members (excludes halogenated alkanes) is 1. The van der Waals surface area contributed by atoms with Crippen LogP contribution in [0.15, 0.2) is 60.3 Å². The molecule has 2 aromatic rings. The van der Waals surface area contributed by atoms with Gasteiger partial charge in [-0.3, -0.25) is 4.79 Å². The Labute approximate surface area is 186 Å². The molecule has 166 valence electrons. The van der Waals surface area contributed by atoms with E-state index in [4.69, 9.17) is 9.47 Å². The Hall–Kier alpha value is -4.12. The molecule has 0 fully saturated rings. The zero-order valence-corrected chi connectivity index (χ0v) is 18.0. The third-order valence-corrected chi connectivity index (χ3v) is 4.27. The van der Waals surface area contributed by atoms with E-state index in [1.807, 2.05) is 13.0 Å². The summed E-state index contributed by atoms with van der Waals surface area (Å²) < 4.78 is 10.1. The minimum Gasteiger partial charge on any atom is -0.462 e. The Morgan fingerprint density at radius 2 is 1.72 bits per heavy atom. The van der Waals surface area contributed by atoms with Crippen molar-refractivity contribution in [1.82, 2.24) is 0 Å². The maximum atomic E-state index is 12.6. The molecule has 0 aliphatic heterocycles. The smallest absolute Gasteiger partial charge is 0.340 e. The largest absolute Gasteiger partial charge is 0.462 e. The number of hydrogen-bond donors (Lipinski definition) is 2. The van der Waals surface area contributed by atoms with E-state index in [1.165, 1.54) is 6.20 Å². The number of rotatable bonds is 10. The molecule has 0 aliphatic carbocycles. The van der Waals surface area contributed by atoms with Crippen molar-refractivity contribution < 1.29 is 23.9 Å². The standard InChI is InChI=1S/C24H25N3O5/c1-3-5-14-32-24(30)20-8-6-7-9-21(20)27-22(28)18(15-25)16-26-19-12-10-17(11-13-19)23(29)31-4-2/h6-13,16,26H,3-5,14H2,1-2H3,(H,27,28)/b18-16-. The van der Waals surface area contributed by atoms with Crippen LogP contribution in [0.1, 0.15) is 47.4 Å². The molecule has 0 heterocycles. The van der Waals surface area contributed by atoms with Gasteiger partial charge >= 0.3 is 11.9 Å². The van der Waals surface area contributed by atoms with Crippen LogP contribution in [0.2, 0.25) is 0 Å². The van der Waals surface area contributed by atoms with Crippen molar-refractivity contribution in [2.45, 2.75) is 26.7 Å². The van der Waals surface area contributed by atoms with Crippen molar-refractivity contribution in [3.63, 3.8) is 0 Å². The molecule has 0 atom stereocenters. The number of benzene rings is 2. The predicted octanol–water partition coefficient (Wildman–Crippen LogP) is 4.28. The van der Waals surface area contributed by atoms with E-state index >= 15 is 0 Å². The molecule has 8 heteroatoms. The number of anilines is 2. The molecule has 8 nitrogen and oxygen atoms in total. The summed E-state index contributed by atoms with van der Waals surface area (Å²) >= 11 is 0. The van der Waals surface area contributed by atoms with Crippen LogP contribution in [-0.2, 0) is 14.3 Å². The van der Waals surface area contributed by atoms with E-state index in [2.05, 4.69) is 10.6 Å². The molecule has 32 heavy (non-hydrogen) atoms. The molecule has 0 aromatic heterocycles. The highest BCUT2D eigenvalue weighted by atomic mass is 16.5. The topological polar surface area (TPSA) is 118 Å². The SMILES string of the molecule is CCCCOC(=O)c1ccccc1NC(=O)/C(C#N)=C\Nc1ccc(C(=O)OCC)cc1. The van der Waals surface area contributed by atoms with Crippen LogP contribution >= 0.6 is 0 Å². The van der Waals surface area contributed by atoms with Crippen LogP contribution in [0.25, 0.3) is 0 Å². The fourth-order valence-corrected chi connectivity index (χ4v) is 2.57. The Balaban J connectivity index is 2.07. The number of esters is 2. The van der Waals surface area contributed by atoms with Gasteiger partial charge in [-0.25, -0.2) is 9.59 Å². The number of nitriles is 1. The van der Waals surface area contributed by atoms with Gasteiger partial charge in [0, 0.05) is 11.9 Å². The van der Waals surface area contributed by atoms with Gasteiger partial charge in [0.2, 0.25) is 0 Å². The highest BCUT2D eigenvalue weighted by molar-refractivity contribution is 6.09. The molecular weight excluding hydrogens is 410 g/mol. The van der Waals surface area contributed by atoms with Crippen LogP contribution in [0.4, 0.5) is 11.4 Å². The first-order valence-corrected chi connectivity index (χ1v) is 10.2. The lowest BCUT2D eigenvalue weighted by atomic mass is 10.1. The summed E-state index contributed by atoms with van der Waals surface area (Å²) in [5, 5.41) is 14.8. The number of carbonyl (C=O) groups excluding carboxylic acids is 3. The molecule has 0 saturated heterocycles. The summed E-state index contributed by atoms with van der Waals surface area (Å²) in [6, 6.07) is 14.6. The zero-order chi connectivity index (χ0) is 23.3. The average Bonchev–Trinajstić information content (AvgIpc) is 2.80. The number of para-hydroxylation sites is 1. The van der Waals surface area contributed by atoms with Gasteiger partial charge in [-0.2, -0.15) is 5.26 Å². The fraction of sp³-hybridized carbons (Fsp3) is 0.250. The molecule has 0 bridgehead atoms. The molecule has 2 N–H and O–H groups in total. The van der Waals surface area contributed by atoms with Crippen LogP contribution < -0.4 is 10.6 Å². The number of ether oxygens (including phenoxy) is 2. The third-order valence-electron chi connectivity index (χ3n) is 4.27. The molecule has 0 unspecified atom stereocenters. The van der Waals surface area contributed by atoms with E-state index in [0.29, 0.717) is 17.9 Å². The number of carbonyl (C=O) groups is 3. The van der Waals surface area contributed by atoms with Gasteiger partial charge in [0.1, 0.15) is 11.6 Å². The van der Waals surface area contributed by atoms with Gasteiger partial charge in [0.15, 0.2) is 0 Å². The highest BCUT2D eigenvalue weighted by Gasteiger charge is 2.16. The van der Waals surface area contributed by atoms with Crippen molar-refractivity contribution >= 4 is 29.2 Å². The molecule has 0 aliphatic rings. The monoisotopic (exact) mass is 435 g/mol. The number of nitrogens with zero attached hydrogens (tertiary/aromatic N) is 1. The van der Waals surface area contributed by atoms with Gasteiger partial charge in [0.25, 0.3) is 5.91 Å². The summed E-state index contributed by atoms with van der Waals surface area (Å²) in [5.74, 6) is -1.66. The Morgan fingerprint density at radius 3 is 2.38 bits per heavy atom. The summed E-state index contributed by atoms with van der Waals surface area (Å²) in [7, 11) is 0. The Bertz CT molecular complexity index is 1020. The summed E-state index contributed by atoms with van der Waals surface area (Å²) in [6.07, 6.45) is 2.88. The quantitative estimate of drug-likeness (QED) is 0.247. The van der Waals surface area contributed by atoms with Gasteiger partial charge in [-0.1, -0.05) is 25.5 Å². The molecule has 0 spiro atoms. The van der Waals surface area contributed by atoms with Gasteiger partial charge in [-0.15, -0.1) is 0 Å². The maximum absolute atomic E-state index is 12.6. The lowest BCUT2D eigenvalue weighted by molar-refractivity contribution is -0.112. The van der Waals surface area contributed by atoms with E-state index in [1.54, 1.807) is 55.5 Å². The van der Waals surface area contributed by atoms with Crippen LogP contribution in [-0.4, -0.2) is 31.1 Å². The third kappa shape index (κ3) is 6.99. The first-order valence-electron chi connectivity index (χ1n) is 10.2. The Kier molecular flexibility index (Phi) is 9.47. The van der Waals surface area contributed by atoms with E-state index in [-0.39, 0.29) is 23.4 Å². The van der Waals surface area contributed by atoms with Crippen molar-refractivity contribution in [1.29, 1.82) is 5.26 Å². The van der Waals surface area contributed by atoms with Crippen LogP contribution in [0, 0.1) is 11.3 Å². The number of amides is 1.